The van der Waals surface area contributed by atoms with E-state index >= 15 is 0 Å². The fraction of sp³-hybridized carbons (Fsp3) is 0.789. The zero-order valence-corrected chi connectivity index (χ0v) is 31.4. The van der Waals surface area contributed by atoms with Gasteiger partial charge in [0.1, 0.15) is 0 Å². The number of pyridine rings is 1. The number of hydrogen-bond donors (Lipinski definition) is 4. The molecule has 0 aliphatic carbocycles. The highest BCUT2D eigenvalue weighted by atomic mass is 32.2. The van der Waals surface area contributed by atoms with Crippen molar-refractivity contribution < 1.29 is 0 Å². The van der Waals surface area contributed by atoms with E-state index in [1.54, 1.807) is 0 Å². The van der Waals surface area contributed by atoms with E-state index in [-0.39, 0.29) is 17.0 Å². The van der Waals surface area contributed by atoms with Crippen molar-refractivity contribution in [3.63, 3.8) is 0 Å². The zero-order chi connectivity index (χ0) is 33.4. The Morgan fingerprint density at radius 3 is 2.51 bits per heavy atom. The third-order valence-electron chi connectivity index (χ3n) is 11.4. The standard InChI is InChI=1S/C38H64N8S/c1-36(2,3)19-21-45-20-18-29(44-45)27-13-16-30(39-23-27)31-15-12-26-22-38(7,8)46(25-26)35-28(14-17-32(42-35)37(4,5)6)24-40-47-34-11-9-10-33(41-31)43-34/h13,16,18,20,23,26,28,31-35,40-43H,9-12,14-15,17,19,21-22,24-25H2,1-8H3/t26-,28?,31?,32?,33?,34?,35?/m0/s1. The molecule has 0 spiro atoms. The Kier molecular flexibility index (Phi) is 10.8. The summed E-state index contributed by atoms with van der Waals surface area (Å²) in [6.07, 6.45) is 15.7. The van der Waals surface area contributed by atoms with Gasteiger partial charge in [0.25, 0.3) is 0 Å². The molecule has 4 aliphatic rings. The van der Waals surface area contributed by atoms with Crippen molar-refractivity contribution in [3.05, 3.63) is 36.3 Å². The number of aryl methyl sites for hydroxylation is 1. The molecule has 2 aromatic rings. The van der Waals surface area contributed by atoms with Crippen molar-refractivity contribution in [1.82, 2.24) is 40.3 Å². The lowest BCUT2D eigenvalue weighted by Gasteiger charge is -2.50. The predicted octanol–water partition coefficient (Wildman–Crippen LogP) is 7.31. The molecular weight excluding hydrogens is 601 g/mol. The monoisotopic (exact) mass is 664 g/mol. The van der Waals surface area contributed by atoms with Gasteiger partial charge in [0.2, 0.25) is 0 Å². The lowest BCUT2D eigenvalue weighted by molar-refractivity contribution is 0.00552. The smallest absolute Gasteiger partial charge is 0.0938 e. The second-order valence-corrected chi connectivity index (χ2v) is 19.1. The van der Waals surface area contributed by atoms with E-state index in [1.807, 2.05) is 18.1 Å². The van der Waals surface area contributed by atoms with Gasteiger partial charge in [0.15, 0.2) is 0 Å². The van der Waals surface area contributed by atoms with Crippen LogP contribution in [0.15, 0.2) is 30.6 Å². The summed E-state index contributed by atoms with van der Waals surface area (Å²) >= 11 is 1.92. The van der Waals surface area contributed by atoms with E-state index in [1.165, 1.54) is 45.1 Å². The number of rotatable bonds is 4. The van der Waals surface area contributed by atoms with Crippen LogP contribution in [-0.4, -0.2) is 62.0 Å². The highest BCUT2D eigenvalue weighted by Gasteiger charge is 2.47. The Labute approximate surface area is 289 Å². The summed E-state index contributed by atoms with van der Waals surface area (Å²) in [7, 11) is 0. The fourth-order valence-corrected chi connectivity index (χ4v) is 9.52. The van der Waals surface area contributed by atoms with E-state index in [4.69, 9.17) is 10.1 Å². The van der Waals surface area contributed by atoms with Crippen molar-refractivity contribution in [2.24, 2.45) is 22.7 Å². The van der Waals surface area contributed by atoms with Crippen molar-refractivity contribution in [1.29, 1.82) is 0 Å². The first-order valence-corrected chi connectivity index (χ1v) is 19.5. The van der Waals surface area contributed by atoms with Gasteiger partial charge in [-0.05, 0) is 107 Å². The summed E-state index contributed by atoms with van der Waals surface area (Å²) in [6.45, 7) is 22.2. The van der Waals surface area contributed by atoms with Gasteiger partial charge in [0, 0.05) is 55.1 Å². The SMILES string of the molecule is CC(C)(C)CCn1ccc(-c2ccc(C3CC[C@@H]4CN(C5NC(C(C)(C)C)CCC5CNSC5CCCC(N5)N3)C(C)(C)C4)nc2)n1. The molecule has 4 saturated heterocycles. The molecule has 7 unspecified atom stereocenters. The maximum atomic E-state index is 5.09. The van der Waals surface area contributed by atoms with Gasteiger partial charge >= 0.3 is 0 Å². The van der Waals surface area contributed by atoms with Gasteiger partial charge in [-0.3, -0.25) is 35.2 Å². The molecule has 0 radical (unpaired) electrons. The van der Waals surface area contributed by atoms with Crippen LogP contribution in [0.4, 0.5) is 0 Å². The van der Waals surface area contributed by atoms with Gasteiger partial charge < -0.3 is 0 Å². The van der Waals surface area contributed by atoms with Crippen LogP contribution in [0, 0.1) is 22.7 Å². The topological polar surface area (TPSA) is 82.1 Å². The third-order valence-corrected chi connectivity index (χ3v) is 12.4. The summed E-state index contributed by atoms with van der Waals surface area (Å²) in [5.41, 5.74) is 3.99. The van der Waals surface area contributed by atoms with Crippen molar-refractivity contribution >= 4 is 11.9 Å². The predicted molar refractivity (Wildman–Crippen MR) is 197 cm³/mol. The largest absolute Gasteiger partial charge is 0.298 e. The molecule has 262 valence electrons. The first-order valence-electron chi connectivity index (χ1n) is 18.7. The number of hydrogen-bond acceptors (Lipinski definition) is 8. The summed E-state index contributed by atoms with van der Waals surface area (Å²) in [4.78, 5) is 7.95. The Bertz CT molecular complexity index is 1290. The lowest BCUT2D eigenvalue weighted by atomic mass is 9.78. The lowest BCUT2D eigenvalue weighted by Crippen LogP contribution is -2.63. The first-order chi connectivity index (χ1) is 22.2. The minimum atomic E-state index is 0.182. The van der Waals surface area contributed by atoms with Crippen LogP contribution in [0.3, 0.4) is 0 Å². The fourth-order valence-electron chi connectivity index (χ4n) is 8.50. The summed E-state index contributed by atoms with van der Waals surface area (Å²) in [5.74, 6) is 1.30. The maximum absolute atomic E-state index is 5.09. The number of nitrogens with zero attached hydrogens (tertiary/aromatic N) is 4. The molecule has 8 atom stereocenters. The van der Waals surface area contributed by atoms with Crippen molar-refractivity contribution in [2.75, 3.05) is 13.1 Å². The molecule has 4 N–H and O–H groups in total. The Hall–Kier alpha value is -1.49. The van der Waals surface area contributed by atoms with Gasteiger partial charge in [-0.1, -0.05) is 53.5 Å². The highest BCUT2D eigenvalue weighted by Crippen LogP contribution is 2.42. The molecule has 9 heteroatoms. The second-order valence-electron chi connectivity index (χ2n) is 18.1. The van der Waals surface area contributed by atoms with Gasteiger partial charge in [-0.25, -0.2) is 0 Å². The average Bonchev–Trinajstić information content (AvgIpc) is 3.61. The zero-order valence-electron chi connectivity index (χ0n) is 30.6. The summed E-state index contributed by atoms with van der Waals surface area (Å²) < 4.78 is 5.95. The maximum Gasteiger partial charge on any atom is 0.0938 e. The van der Waals surface area contributed by atoms with Crippen molar-refractivity contribution in [2.45, 2.75) is 155 Å². The highest BCUT2D eigenvalue weighted by molar-refractivity contribution is 7.98. The van der Waals surface area contributed by atoms with E-state index in [0.29, 0.717) is 41.0 Å². The molecule has 4 fully saturated rings. The van der Waals surface area contributed by atoms with Crippen LogP contribution in [0.2, 0.25) is 0 Å². The van der Waals surface area contributed by atoms with E-state index < -0.39 is 0 Å². The Morgan fingerprint density at radius 1 is 0.936 bits per heavy atom. The van der Waals surface area contributed by atoms with E-state index in [2.05, 4.69) is 110 Å². The molecule has 6 rings (SSSR count). The van der Waals surface area contributed by atoms with E-state index in [0.717, 1.165) is 49.3 Å². The summed E-state index contributed by atoms with van der Waals surface area (Å²) in [5, 5.41) is 17.5. The van der Waals surface area contributed by atoms with Crippen LogP contribution in [0.5, 0.6) is 0 Å². The number of fused-ring (bicyclic) bond motifs is 6. The van der Waals surface area contributed by atoms with Crippen LogP contribution < -0.4 is 20.7 Å². The van der Waals surface area contributed by atoms with Gasteiger partial charge in [-0.2, -0.15) is 5.10 Å². The molecule has 8 nitrogen and oxygen atoms in total. The molecule has 0 amide bonds. The molecule has 0 aromatic carbocycles. The van der Waals surface area contributed by atoms with Crippen LogP contribution >= 0.6 is 11.9 Å². The van der Waals surface area contributed by atoms with Gasteiger partial charge in [-0.15, -0.1) is 0 Å². The summed E-state index contributed by atoms with van der Waals surface area (Å²) in [6, 6.07) is 7.38. The van der Waals surface area contributed by atoms with Crippen LogP contribution in [0.25, 0.3) is 11.3 Å². The molecule has 6 heterocycles. The minimum absolute atomic E-state index is 0.182. The second kappa shape index (κ2) is 14.4. The number of piperidine rings is 2. The minimum Gasteiger partial charge on any atom is -0.298 e. The molecule has 2 aromatic heterocycles. The molecule has 0 saturated carbocycles. The van der Waals surface area contributed by atoms with Crippen molar-refractivity contribution in [3.8, 4) is 11.3 Å². The molecular formula is C38H64N8S. The first kappa shape index (κ1) is 35.3. The normalized spacial score (nSPS) is 33.9. The third kappa shape index (κ3) is 9.01. The Balaban J connectivity index is 1.20. The number of aromatic nitrogens is 3. The quantitative estimate of drug-likeness (QED) is 0.254. The average molecular weight is 665 g/mol. The van der Waals surface area contributed by atoms with E-state index in [9.17, 15) is 0 Å². The molecule has 47 heavy (non-hydrogen) atoms. The van der Waals surface area contributed by atoms with Crippen LogP contribution in [-0.2, 0) is 6.54 Å². The Morgan fingerprint density at radius 2 is 1.77 bits per heavy atom. The molecule has 4 bridgehead atoms. The molecule has 4 aliphatic heterocycles. The number of nitrogens with one attached hydrogen (secondary N) is 4. The van der Waals surface area contributed by atoms with Gasteiger partial charge in [0.05, 0.1) is 35.1 Å². The van der Waals surface area contributed by atoms with Crippen LogP contribution in [0.1, 0.15) is 125 Å².